The fourth-order valence-electron chi connectivity index (χ4n) is 1.13. The maximum absolute atomic E-state index is 8.48. The van der Waals surface area contributed by atoms with Crippen molar-refractivity contribution in [3.63, 3.8) is 0 Å². The molecule has 1 rings (SSSR count). The Hall–Kier alpha value is -2.15. The summed E-state index contributed by atoms with van der Waals surface area (Å²) in [6, 6.07) is 7.09. The van der Waals surface area contributed by atoms with Crippen molar-refractivity contribution in [3.8, 4) is 17.6 Å². The van der Waals surface area contributed by atoms with Crippen LogP contribution in [0.2, 0.25) is 0 Å². The van der Waals surface area contributed by atoms with E-state index in [9.17, 15) is 0 Å². The number of nitriles is 1. The second-order valence-corrected chi connectivity index (χ2v) is 2.83. The van der Waals surface area contributed by atoms with Crippen molar-refractivity contribution in [1.29, 1.82) is 5.26 Å². The van der Waals surface area contributed by atoms with E-state index in [-0.39, 0.29) is 0 Å². The Bertz CT molecular complexity index is 397. The number of methoxy groups -OCH3 is 2. The van der Waals surface area contributed by atoms with E-state index in [1.165, 1.54) is 6.08 Å². The molecule has 2 N–H and O–H groups in total. The molecule has 78 valence electrons. The van der Waals surface area contributed by atoms with Gasteiger partial charge in [0, 0.05) is 23.4 Å². The fraction of sp³-hybridized carbons (Fsp3) is 0.182. The van der Waals surface area contributed by atoms with Crippen LogP contribution < -0.4 is 15.2 Å². The normalized spacial score (nSPS) is 10.6. The number of nitrogens with zero attached hydrogens (tertiary/aromatic N) is 1. The van der Waals surface area contributed by atoms with Gasteiger partial charge in [-0.05, 0) is 12.1 Å². The molecule has 0 atom stereocenters. The number of benzene rings is 1. The molecule has 15 heavy (non-hydrogen) atoms. The van der Waals surface area contributed by atoms with Crippen LogP contribution in [0, 0.1) is 11.3 Å². The SMILES string of the molecule is COc1cc(OC)cc(/C(N)=C\C#N)c1. The first kappa shape index (κ1) is 10.9. The van der Waals surface area contributed by atoms with Gasteiger partial charge in [-0.3, -0.25) is 0 Å². The summed E-state index contributed by atoms with van der Waals surface area (Å²) >= 11 is 0. The van der Waals surface area contributed by atoms with E-state index in [1.807, 2.05) is 6.07 Å². The van der Waals surface area contributed by atoms with Crippen LogP contribution in [0.1, 0.15) is 5.56 Å². The van der Waals surface area contributed by atoms with Crippen molar-refractivity contribution >= 4 is 5.70 Å². The molecule has 0 bridgehead atoms. The molecular formula is C11H12N2O2. The van der Waals surface area contributed by atoms with Crippen molar-refractivity contribution in [2.45, 2.75) is 0 Å². The maximum atomic E-state index is 8.48. The van der Waals surface area contributed by atoms with E-state index in [1.54, 1.807) is 32.4 Å². The van der Waals surface area contributed by atoms with Crippen LogP contribution >= 0.6 is 0 Å². The van der Waals surface area contributed by atoms with Gasteiger partial charge in [0.15, 0.2) is 0 Å². The number of rotatable bonds is 3. The molecule has 0 radical (unpaired) electrons. The lowest BCUT2D eigenvalue weighted by Crippen LogP contribution is -1.97. The van der Waals surface area contributed by atoms with Crippen molar-refractivity contribution in [2.75, 3.05) is 14.2 Å². The average Bonchev–Trinajstić information content (AvgIpc) is 2.28. The van der Waals surface area contributed by atoms with Gasteiger partial charge in [0.25, 0.3) is 0 Å². The molecule has 0 aliphatic heterocycles. The highest BCUT2D eigenvalue weighted by atomic mass is 16.5. The molecule has 1 aromatic rings. The first-order valence-corrected chi connectivity index (χ1v) is 4.30. The standard InChI is InChI=1S/C11H12N2O2/c1-14-9-5-8(11(13)3-4-12)6-10(7-9)15-2/h3,5-7H,13H2,1-2H3/b11-3+. The topological polar surface area (TPSA) is 68.3 Å². The van der Waals surface area contributed by atoms with Gasteiger partial charge in [0.1, 0.15) is 11.5 Å². The molecule has 4 nitrogen and oxygen atoms in total. The second kappa shape index (κ2) is 4.91. The summed E-state index contributed by atoms with van der Waals surface area (Å²) in [5, 5.41) is 8.48. The van der Waals surface area contributed by atoms with E-state index < -0.39 is 0 Å². The average molecular weight is 204 g/mol. The number of hydrogen-bond donors (Lipinski definition) is 1. The number of nitrogens with two attached hydrogens (primary N) is 1. The molecule has 0 aliphatic rings. The molecule has 0 saturated heterocycles. The lowest BCUT2D eigenvalue weighted by Gasteiger charge is -2.07. The lowest BCUT2D eigenvalue weighted by atomic mass is 10.1. The Morgan fingerprint density at radius 2 is 1.80 bits per heavy atom. The zero-order valence-corrected chi connectivity index (χ0v) is 8.65. The van der Waals surface area contributed by atoms with Crippen molar-refractivity contribution in [2.24, 2.45) is 5.73 Å². The molecule has 0 unspecified atom stereocenters. The van der Waals surface area contributed by atoms with Gasteiger partial charge < -0.3 is 15.2 Å². The molecule has 0 spiro atoms. The van der Waals surface area contributed by atoms with E-state index in [0.717, 1.165) is 0 Å². The highest BCUT2D eigenvalue weighted by Gasteiger charge is 2.03. The van der Waals surface area contributed by atoms with Crippen LogP contribution in [0.15, 0.2) is 24.3 Å². The van der Waals surface area contributed by atoms with Crippen LogP contribution in [0.4, 0.5) is 0 Å². The zero-order valence-electron chi connectivity index (χ0n) is 8.65. The van der Waals surface area contributed by atoms with Gasteiger partial charge in [-0.25, -0.2) is 0 Å². The first-order valence-electron chi connectivity index (χ1n) is 4.30. The summed E-state index contributed by atoms with van der Waals surface area (Å²) in [5.74, 6) is 1.28. The van der Waals surface area contributed by atoms with Gasteiger partial charge >= 0.3 is 0 Å². The second-order valence-electron chi connectivity index (χ2n) is 2.83. The third-order valence-electron chi connectivity index (χ3n) is 1.90. The summed E-state index contributed by atoms with van der Waals surface area (Å²) in [7, 11) is 3.12. The number of allylic oxidation sites excluding steroid dienone is 1. The number of hydrogen-bond acceptors (Lipinski definition) is 4. The predicted molar refractivity (Wildman–Crippen MR) is 57.3 cm³/mol. The molecule has 0 aliphatic carbocycles. The van der Waals surface area contributed by atoms with Crippen molar-refractivity contribution in [1.82, 2.24) is 0 Å². The first-order chi connectivity index (χ1) is 7.21. The summed E-state index contributed by atoms with van der Waals surface area (Å²) in [6.07, 6.45) is 1.27. The Kier molecular flexibility index (Phi) is 3.58. The maximum Gasteiger partial charge on any atom is 0.123 e. The molecule has 0 saturated carbocycles. The van der Waals surface area contributed by atoms with Crippen LogP contribution in [0.3, 0.4) is 0 Å². The summed E-state index contributed by atoms with van der Waals surface area (Å²) in [6.45, 7) is 0. The predicted octanol–water partition coefficient (Wildman–Crippen LogP) is 1.53. The van der Waals surface area contributed by atoms with Crippen LogP contribution in [0.5, 0.6) is 11.5 Å². The Labute approximate surface area is 88.5 Å². The minimum Gasteiger partial charge on any atom is -0.497 e. The van der Waals surface area contributed by atoms with Gasteiger partial charge in [-0.2, -0.15) is 5.26 Å². The largest absolute Gasteiger partial charge is 0.497 e. The van der Waals surface area contributed by atoms with E-state index in [2.05, 4.69) is 0 Å². The van der Waals surface area contributed by atoms with Crippen molar-refractivity contribution in [3.05, 3.63) is 29.8 Å². The minimum atomic E-state index is 0.384. The third kappa shape index (κ3) is 2.64. The van der Waals surface area contributed by atoms with Gasteiger partial charge in [0.2, 0.25) is 0 Å². The Morgan fingerprint density at radius 3 is 2.20 bits per heavy atom. The van der Waals surface area contributed by atoms with E-state index >= 15 is 0 Å². The summed E-state index contributed by atoms with van der Waals surface area (Å²) in [4.78, 5) is 0. The lowest BCUT2D eigenvalue weighted by molar-refractivity contribution is 0.394. The zero-order chi connectivity index (χ0) is 11.3. The fourth-order valence-corrected chi connectivity index (χ4v) is 1.13. The molecule has 0 heterocycles. The molecule has 0 aromatic heterocycles. The monoisotopic (exact) mass is 204 g/mol. The van der Waals surface area contributed by atoms with E-state index in [4.69, 9.17) is 20.5 Å². The highest BCUT2D eigenvalue weighted by molar-refractivity contribution is 5.67. The molecule has 0 fully saturated rings. The summed E-state index contributed by atoms with van der Waals surface area (Å²) < 4.78 is 10.2. The smallest absolute Gasteiger partial charge is 0.123 e. The van der Waals surface area contributed by atoms with E-state index in [0.29, 0.717) is 22.8 Å². The molecular weight excluding hydrogens is 192 g/mol. The quantitative estimate of drug-likeness (QED) is 0.758. The highest BCUT2D eigenvalue weighted by Crippen LogP contribution is 2.24. The van der Waals surface area contributed by atoms with Crippen LogP contribution in [-0.2, 0) is 0 Å². The Balaban J connectivity index is 3.19. The molecule has 4 heteroatoms. The van der Waals surface area contributed by atoms with Crippen LogP contribution in [-0.4, -0.2) is 14.2 Å². The molecule has 1 aromatic carbocycles. The minimum absolute atomic E-state index is 0.384. The van der Waals surface area contributed by atoms with Gasteiger partial charge in [-0.15, -0.1) is 0 Å². The van der Waals surface area contributed by atoms with Gasteiger partial charge in [-0.1, -0.05) is 0 Å². The van der Waals surface area contributed by atoms with Gasteiger partial charge in [0.05, 0.1) is 20.3 Å². The number of ether oxygens (including phenoxy) is 2. The summed E-state index contributed by atoms with van der Waals surface area (Å²) in [5.41, 5.74) is 6.77. The molecule has 0 amide bonds. The Morgan fingerprint density at radius 1 is 1.27 bits per heavy atom. The van der Waals surface area contributed by atoms with Crippen LogP contribution in [0.25, 0.3) is 5.70 Å². The third-order valence-corrected chi connectivity index (χ3v) is 1.90. The van der Waals surface area contributed by atoms with Crippen molar-refractivity contribution < 1.29 is 9.47 Å².